The summed E-state index contributed by atoms with van der Waals surface area (Å²) in [6, 6.07) is 10.5. The molecule has 1 atom stereocenters. The Morgan fingerprint density at radius 2 is 1.86 bits per heavy atom. The summed E-state index contributed by atoms with van der Waals surface area (Å²) in [4.78, 5) is 22.3. The van der Waals surface area contributed by atoms with E-state index in [0.29, 0.717) is 11.7 Å². The van der Waals surface area contributed by atoms with E-state index < -0.39 is 0 Å². The van der Waals surface area contributed by atoms with Crippen LogP contribution in [-0.4, -0.2) is 45.5 Å². The van der Waals surface area contributed by atoms with Crippen molar-refractivity contribution in [2.45, 2.75) is 58.0 Å². The van der Waals surface area contributed by atoms with Crippen molar-refractivity contribution < 1.29 is 9.32 Å². The smallest absolute Gasteiger partial charge is 0.226 e. The van der Waals surface area contributed by atoms with Gasteiger partial charge in [-0.15, -0.1) is 0 Å². The van der Waals surface area contributed by atoms with E-state index in [2.05, 4.69) is 50.3 Å². The fourth-order valence-electron chi connectivity index (χ4n) is 4.51. The molecule has 0 bridgehead atoms. The number of likely N-dealkylation sites (tertiary alicyclic amines) is 2. The lowest BCUT2D eigenvalue weighted by atomic mass is 9.94. The maximum absolute atomic E-state index is 13.4. The Morgan fingerprint density at radius 1 is 1.07 bits per heavy atom. The number of aromatic nitrogens is 2. The van der Waals surface area contributed by atoms with Gasteiger partial charge in [0.05, 0.1) is 6.04 Å². The second-order valence-corrected chi connectivity index (χ2v) is 8.10. The van der Waals surface area contributed by atoms with E-state index in [1.807, 2.05) is 6.92 Å². The topological polar surface area (TPSA) is 62.5 Å². The van der Waals surface area contributed by atoms with Gasteiger partial charge in [-0.05, 0) is 44.3 Å². The quantitative estimate of drug-likeness (QED) is 0.806. The average molecular weight is 383 g/mol. The number of aryl methyl sites for hydroxylation is 1. The highest BCUT2D eigenvalue weighted by atomic mass is 16.5. The van der Waals surface area contributed by atoms with Gasteiger partial charge in [-0.1, -0.05) is 48.3 Å². The van der Waals surface area contributed by atoms with Crippen LogP contribution in [-0.2, 0) is 11.3 Å². The van der Waals surface area contributed by atoms with Gasteiger partial charge in [0, 0.05) is 25.9 Å². The molecule has 0 N–H and O–H groups in total. The molecule has 1 aromatic carbocycles. The zero-order chi connectivity index (χ0) is 19.3. The van der Waals surface area contributed by atoms with Crippen LogP contribution < -0.4 is 0 Å². The van der Waals surface area contributed by atoms with E-state index in [1.54, 1.807) is 0 Å². The minimum Gasteiger partial charge on any atom is -0.340 e. The molecule has 0 aliphatic carbocycles. The lowest BCUT2D eigenvalue weighted by Gasteiger charge is -2.36. The Kier molecular flexibility index (Phi) is 6.05. The fraction of sp³-hybridized carbons (Fsp3) is 0.591. The van der Waals surface area contributed by atoms with Gasteiger partial charge in [-0.25, -0.2) is 0 Å². The van der Waals surface area contributed by atoms with E-state index in [-0.39, 0.29) is 17.9 Å². The molecule has 4 rings (SSSR count). The van der Waals surface area contributed by atoms with Crippen molar-refractivity contribution in [3.8, 4) is 0 Å². The van der Waals surface area contributed by atoms with Crippen molar-refractivity contribution >= 4 is 5.91 Å². The van der Waals surface area contributed by atoms with Crippen molar-refractivity contribution in [3.63, 3.8) is 0 Å². The van der Waals surface area contributed by atoms with Gasteiger partial charge < -0.3 is 9.42 Å². The summed E-state index contributed by atoms with van der Waals surface area (Å²) in [6.07, 6.45) is 6.12. The first-order valence-corrected chi connectivity index (χ1v) is 10.6. The van der Waals surface area contributed by atoms with Gasteiger partial charge >= 0.3 is 0 Å². The summed E-state index contributed by atoms with van der Waals surface area (Å²) in [5, 5.41) is 4.13. The molecule has 0 saturated carbocycles. The number of amides is 1. The number of carbonyl (C=O) groups excluding carboxylic acids is 1. The Hall–Kier alpha value is -2.21. The van der Waals surface area contributed by atoms with E-state index in [4.69, 9.17) is 4.52 Å². The first kappa shape index (κ1) is 19.1. The number of piperidine rings is 1. The zero-order valence-corrected chi connectivity index (χ0v) is 16.7. The van der Waals surface area contributed by atoms with Crippen molar-refractivity contribution in [2.75, 3.05) is 19.6 Å². The summed E-state index contributed by atoms with van der Waals surface area (Å²) in [7, 11) is 0. The summed E-state index contributed by atoms with van der Waals surface area (Å²) in [5.41, 5.74) is 1.34. The van der Waals surface area contributed by atoms with Crippen molar-refractivity contribution in [2.24, 2.45) is 5.92 Å². The molecule has 28 heavy (non-hydrogen) atoms. The molecule has 2 fully saturated rings. The number of hydrogen-bond donors (Lipinski definition) is 0. The van der Waals surface area contributed by atoms with Crippen LogP contribution in [0.25, 0.3) is 0 Å². The molecule has 3 heterocycles. The predicted molar refractivity (Wildman–Crippen MR) is 106 cm³/mol. The second-order valence-electron chi connectivity index (χ2n) is 8.10. The second kappa shape index (κ2) is 8.86. The van der Waals surface area contributed by atoms with Crippen molar-refractivity contribution in [1.29, 1.82) is 0 Å². The summed E-state index contributed by atoms with van der Waals surface area (Å²) < 4.78 is 5.20. The molecule has 2 aliphatic rings. The number of benzene rings is 1. The molecule has 2 aromatic rings. The van der Waals surface area contributed by atoms with Crippen LogP contribution in [0.5, 0.6) is 0 Å². The third kappa shape index (κ3) is 4.43. The molecule has 150 valence electrons. The molecule has 1 aromatic heterocycles. The maximum atomic E-state index is 13.4. The van der Waals surface area contributed by atoms with Crippen LogP contribution in [0.1, 0.15) is 61.8 Å². The minimum absolute atomic E-state index is 0.0326. The first-order valence-electron chi connectivity index (χ1n) is 10.6. The molecule has 6 nitrogen and oxygen atoms in total. The average Bonchev–Trinajstić information content (AvgIpc) is 3.00. The summed E-state index contributed by atoms with van der Waals surface area (Å²) >= 11 is 0. The molecule has 1 amide bonds. The van der Waals surface area contributed by atoms with Gasteiger partial charge in [0.25, 0.3) is 0 Å². The number of rotatable bonds is 4. The highest BCUT2D eigenvalue weighted by Gasteiger charge is 2.35. The highest BCUT2D eigenvalue weighted by molar-refractivity contribution is 5.79. The third-order valence-electron chi connectivity index (χ3n) is 6.06. The zero-order valence-electron chi connectivity index (χ0n) is 16.7. The molecular formula is C22H30N4O2. The standard InChI is InChI=1S/C22H30N4O2/c1-17-23-21(24-28-17)20-10-6-3-7-13-26(20)22(27)19-11-14-25(15-12-19)16-18-8-4-2-5-9-18/h2,4-5,8-9,19-20H,3,6-7,10-16H2,1H3. The normalized spacial score (nSPS) is 22.2. The largest absolute Gasteiger partial charge is 0.340 e. The Bertz CT molecular complexity index is 768. The van der Waals surface area contributed by atoms with Crippen molar-refractivity contribution in [1.82, 2.24) is 19.9 Å². The first-order chi connectivity index (χ1) is 13.7. The van der Waals surface area contributed by atoms with E-state index in [1.165, 1.54) is 5.56 Å². The lowest BCUT2D eigenvalue weighted by molar-refractivity contribution is -0.139. The van der Waals surface area contributed by atoms with Crippen LogP contribution in [0.4, 0.5) is 0 Å². The van der Waals surface area contributed by atoms with Crippen LogP contribution in [0.2, 0.25) is 0 Å². The number of hydrogen-bond acceptors (Lipinski definition) is 5. The van der Waals surface area contributed by atoms with Crippen molar-refractivity contribution in [3.05, 3.63) is 47.6 Å². The molecule has 2 saturated heterocycles. The maximum Gasteiger partial charge on any atom is 0.226 e. The fourth-order valence-corrected chi connectivity index (χ4v) is 4.51. The summed E-state index contributed by atoms with van der Waals surface area (Å²) in [6.45, 7) is 5.54. The van der Waals surface area contributed by atoms with Crippen LogP contribution in [0.3, 0.4) is 0 Å². The Balaban J connectivity index is 1.39. The van der Waals surface area contributed by atoms with Crippen LogP contribution in [0.15, 0.2) is 34.9 Å². The van der Waals surface area contributed by atoms with Crippen LogP contribution in [0, 0.1) is 12.8 Å². The van der Waals surface area contributed by atoms with Gasteiger partial charge in [0.1, 0.15) is 0 Å². The molecule has 6 heteroatoms. The Labute approximate surface area is 166 Å². The van der Waals surface area contributed by atoms with Gasteiger partial charge in [0.2, 0.25) is 11.8 Å². The lowest BCUT2D eigenvalue weighted by Crippen LogP contribution is -2.44. The highest BCUT2D eigenvalue weighted by Crippen LogP contribution is 2.32. The minimum atomic E-state index is -0.0326. The van der Waals surface area contributed by atoms with Gasteiger partial charge in [0.15, 0.2) is 5.82 Å². The Morgan fingerprint density at radius 3 is 2.57 bits per heavy atom. The monoisotopic (exact) mass is 382 g/mol. The predicted octanol–water partition coefficient (Wildman–Crippen LogP) is 3.73. The molecular weight excluding hydrogens is 352 g/mol. The van der Waals surface area contributed by atoms with E-state index in [9.17, 15) is 4.79 Å². The SMILES string of the molecule is Cc1nc(C2CCCCCN2C(=O)C2CCN(Cc3ccccc3)CC2)no1. The molecule has 1 unspecified atom stereocenters. The molecule has 0 spiro atoms. The third-order valence-corrected chi connectivity index (χ3v) is 6.06. The van der Waals surface area contributed by atoms with E-state index >= 15 is 0 Å². The number of carbonyl (C=O) groups is 1. The summed E-state index contributed by atoms with van der Waals surface area (Å²) in [5.74, 6) is 1.64. The molecule has 0 radical (unpaired) electrons. The van der Waals surface area contributed by atoms with Gasteiger partial charge in [-0.3, -0.25) is 9.69 Å². The molecule has 2 aliphatic heterocycles. The van der Waals surface area contributed by atoms with Crippen LogP contribution >= 0.6 is 0 Å². The van der Waals surface area contributed by atoms with Gasteiger partial charge in [-0.2, -0.15) is 4.98 Å². The van der Waals surface area contributed by atoms with E-state index in [0.717, 1.165) is 64.7 Å². The number of nitrogens with zero attached hydrogens (tertiary/aromatic N) is 4.